The van der Waals surface area contributed by atoms with E-state index in [1.807, 2.05) is 18.2 Å². The molecule has 189 valence electrons. The molecule has 0 aliphatic carbocycles. The molecule has 0 aliphatic heterocycles. The van der Waals surface area contributed by atoms with Crippen molar-refractivity contribution >= 4 is 36.7 Å². The number of benzene rings is 2. The van der Waals surface area contributed by atoms with Crippen molar-refractivity contribution in [3.63, 3.8) is 0 Å². The van der Waals surface area contributed by atoms with E-state index in [9.17, 15) is 17.2 Å². The predicted octanol–water partition coefficient (Wildman–Crippen LogP) is 0.154. The maximum atomic E-state index is 12.0. The maximum Gasteiger partial charge on any atom is 0.241 e. The number of alkyl halides is 2. The van der Waals surface area contributed by atoms with Crippen LogP contribution >= 0.6 is 11.3 Å². The quantitative estimate of drug-likeness (QED) is 0.243. The number of sulfonamides is 1. The zero-order valence-electron chi connectivity index (χ0n) is 17.8. The first-order chi connectivity index (χ1) is 15.1. The molecular weight excluding hydrogens is 541 g/mol. The molecule has 0 aliphatic rings. The van der Waals surface area contributed by atoms with Crippen LogP contribution in [0.4, 0.5) is 13.9 Å². The smallest absolute Gasteiger partial charge is 0.241 e. The van der Waals surface area contributed by atoms with Gasteiger partial charge in [0, 0.05) is 25.8 Å². The second-order valence-corrected chi connectivity index (χ2v) is 8.88. The van der Waals surface area contributed by atoms with Crippen LogP contribution in [0.1, 0.15) is 0 Å². The zero-order chi connectivity index (χ0) is 23.5. The number of fused-ring (bicyclic) bond motifs is 1. The van der Waals surface area contributed by atoms with E-state index >= 15 is 0 Å². The Balaban J connectivity index is 0.00000102. The molecule has 0 saturated heterocycles. The maximum absolute atomic E-state index is 12.0. The van der Waals surface area contributed by atoms with Gasteiger partial charge >= 0.3 is 0 Å². The standard InChI is InChI=1S/C14H10N7O2S2.C3H7F2N2.2H2O.Sc/c15-14-17-12-8(4-1-5-9(12)24-14)7-3-2-6-10(25(16,22)23)11(7)13-18-20-21-19-13;4-3(5,1-6)2-7;;;/h1-5H,(H2,15,17)(H2,16,22,23)(H,18,19,20,21);6H,1-2,7H2;2*1H2;/q2*-1;;;. The van der Waals surface area contributed by atoms with Crippen LogP contribution < -0.4 is 16.6 Å². The Kier molecular flexibility index (Phi) is 12.2. The number of nitrogens with zero attached hydrogens (tertiary/aromatic N) is 4. The van der Waals surface area contributed by atoms with Crippen LogP contribution in [-0.4, -0.2) is 64.0 Å². The van der Waals surface area contributed by atoms with Crippen molar-refractivity contribution in [2.45, 2.75) is 10.8 Å². The van der Waals surface area contributed by atoms with Crippen LogP contribution in [0.5, 0.6) is 0 Å². The minimum Gasteiger partial charge on any atom is -0.673 e. The van der Waals surface area contributed by atoms with Crippen LogP contribution in [0.2, 0.25) is 0 Å². The van der Waals surface area contributed by atoms with Gasteiger partial charge in [-0.25, -0.2) is 27.3 Å². The number of hydrogen-bond donors (Lipinski definition) is 4. The Bertz CT molecular complexity index is 1330. The van der Waals surface area contributed by atoms with Crippen LogP contribution in [0.3, 0.4) is 0 Å². The molecule has 0 unspecified atom stereocenters. The van der Waals surface area contributed by atoms with Crippen molar-refractivity contribution in [1.82, 2.24) is 25.6 Å². The molecule has 1 radical (unpaired) electrons. The minimum absolute atomic E-state index is 0. The average Bonchev–Trinajstić information content (AvgIpc) is 3.41. The van der Waals surface area contributed by atoms with Gasteiger partial charge in [-0.2, -0.15) is 23.4 Å². The fourth-order valence-electron chi connectivity index (χ4n) is 2.67. The monoisotopic (exact) mass is 562 g/mol. The fourth-order valence-corrected chi connectivity index (χ4v) is 4.15. The first-order valence-electron chi connectivity index (χ1n) is 8.76. The summed E-state index contributed by atoms with van der Waals surface area (Å²) in [6, 6.07) is 11.4. The van der Waals surface area contributed by atoms with Gasteiger partial charge in [0.1, 0.15) is 0 Å². The minimum atomic E-state index is -4.06. The molecule has 0 spiro atoms. The van der Waals surface area contributed by atoms with Gasteiger partial charge in [-0.1, -0.05) is 40.8 Å². The Morgan fingerprint density at radius 1 is 1.20 bits per heavy atom. The number of aromatic nitrogens is 5. The van der Waals surface area contributed by atoms with Crippen LogP contribution in [0.15, 0.2) is 35.2 Å². The number of para-hydroxylation sites is 1. The zero-order valence-corrected chi connectivity index (χ0v) is 21.2. The molecule has 2 aromatic carbocycles. The van der Waals surface area contributed by atoms with E-state index in [-0.39, 0.29) is 53.1 Å². The van der Waals surface area contributed by atoms with Gasteiger partial charge in [0.25, 0.3) is 0 Å². The van der Waals surface area contributed by atoms with E-state index in [1.165, 1.54) is 17.4 Å². The molecule has 2 aromatic heterocycles. The van der Waals surface area contributed by atoms with E-state index in [0.29, 0.717) is 21.8 Å². The summed E-state index contributed by atoms with van der Waals surface area (Å²) in [5, 5.41) is 19.4. The number of anilines is 1. The second-order valence-electron chi connectivity index (χ2n) is 6.32. The number of thiazole rings is 1. The third kappa shape index (κ3) is 7.58. The third-order valence-electron chi connectivity index (χ3n) is 4.10. The fraction of sp³-hybridized carbons (Fsp3) is 0.176. The molecular formula is C17H21F2N9O4S2Sc-2. The summed E-state index contributed by atoms with van der Waals surface area (Å²) >= 11 is 1.34. The number of aromatic amines is 1. The van der Waals surface area contributed by atoms with Crippen molar-refractivity contribution in [2.24, 2.45) is 10.9 Å². The van der Waals surface area contributed by atoms with E-state index in [0.717, 1.165) is 4.70 Å². The average molecular weight is 563 g/mol. The van der Waals surface area contributed by atoms with Gasteiger partial charge in [0.2, 0.25) is 15.9 Å². The predicted molar refractivity (Wildman–Crippen MR) is 123 cm³/mol. The number of nitrogens with two attached hydrogens (primary N) is 3. The number of nitrogens with one attached hydrogen (secondary N) is 2. The SMILES string of the molecule is Nc1nc2c(-c3cc[c-]c(S(N)(=O)=O)c3-c3nn[nH]n3)cccc2s1.O.O.[NH-]CC(F)(F)CN.[Sc]. The Morgan fingerprint density at radius 3 is 2.40 bits per heavy atom. The molecule has 0 atom stereocenters. The van der Waals surface area contributed by atoms with E-state index in [4.69, 9.17) is 16.6 Å². The van der Waals surface area contributed by atoms with Crippen LogP contribution in [0, 0.1) is 6.07 Å². The van der Waals surface area contributed by atoms with Crippen LogP contribution in [-0.2, 0) is 35.9 Å². The molecule has 35 heavy (non-hydrogen) atoms. The first kappa shape index (κ1) is 32.7. The topological polar surface area (TPSA) is 266 Å². The van der Waals surface area contributed by atoms with Gasteiger partial charge in [0.15, 0.2) is 11.0 Å². The summed E-state index contributed by atoms with van der Waals surface area (Å²) in [7, 11) is -4.06. The Labute approximate surface area is 220 Å². The van der Waals surface area contributed by atoms with E-state index in [1.54, 1.807) is 6.07 Å². The molecule has 18 heteroatoms. The molecule has 0 amide bonds. The van der Waals surface area contributed by atoms with E-state index < -0.39 is 29.0 Å². The normalized spacial score (nSPS) is 10.9. The summed E-state index contributed by atoms with van der Waals surface area (Å²) in [6.45, 7) is -1.64. The summed E-state index contributed by atoms with van der Waals surface area (Å²) in [4.78, 5) is 4.13. The van der Waals surface area contributed by atoms with Gasteiger partial charge in [-0.15, -0.1) is 15.8 Å². The largest absolute Gasteiger partial charge is 0.673 e. The molecule has 12 N–H and O–H groups in total. The number of rotatable bonds is 5. The molecule has 4 aromatic rings. The molecule has 4 rings (SSSR count). The van der Waals surface area contributed by atoms with Gasteiger partial charge in [-0.3, -0.25) is 0 Å². The number of hydrogen-bond acceptors (Lipinski definition) is 9. The van der Waals surface area contributed by atoms with Crippen molar-refractivity contribution in [3.05, 3.63) is 42.1 Å². The summed E-state index contributed by atoms with van der Waals surface area (Å²) in [5.41, 5.74) is 18.6. The summed E-state index contributed by atoms with van der Waals surface area (Å²) in [6.07, 6.45) is 0. The number of primary sulfonamides is 1. The van der Waals surface area contributed by atoms with Gasteiger partial charge in [-0.05, 0) is 16.5 Å². The Hall–Kier alpha value is -2.32. The second kappa shape index (κ2) is 13.1. The van der Waals surface area contributed by atoms with Gasteiger partial charge < -0.3 is 28.2 Å². The molecule has 2 heterocycles. The Morgan fingerprint density at radius 2 is 1.89 bits per heavy atom. The number of halogens is 2. The molecule has 0 saturated carbocycles. The van der Waals surface area contributed by atoms with Gasteiger partial charge in [0.05, 0.1) is 16.8 Å². The summed E-state index contributed by atoms with van der Waals surface area (Å²) < 4.78 is 48.1. The number of H-pyrrole nitrogens is 1. The summed E-state index contributed by atoms with van der Waals surface area (Å²) in [5.74, 6) is -2.88. The van der Waals surface area contributed by atoms with Crippen molar-refractivity contribution in [2.75, 3.05) is 18.8 Å². The van der Waals surface area contributed by atoms with Crippen molar-refractivity contribution in [1.29, 1.82) is 0 Å². The molecule has 0 fully saturated rings. The number of nitrogen functional groups attached to an aromatic ring is 1. The first-order valence-corrected chi connectivity index (χ1v) is 11.1. The molecule has 0 bridgehead atoms. The van der Waals surface area contributed by atoms with Crippen molar-refractivity contribution in [3.8, 4) is 22.5 Å². The number of tetrazole rings is 1. The third-order valence-corrected chi connectivity index (χ3v) is 5.84. The molecule has 13 nitrogen and oxygen atoms in total. The van der Waals surface area contributed by atoms with Crippen LogP contribution in [0.25, 0.3) is 38.5 Å². The van der Waals surface area contributed by atoms with E-state index in [2.05, 4.69) is 37.4 Å². The van der Waals surface area contributed by atoms with Crippen molar-refractivity contribution < 1.29 is 54.0 Å².